The summed E-state index contributed by atoms with van der Waals surface area (Å²) in [6.07, 6.45) is -4.08. The minimum atomic E-state index is -4.87. The molecule has 0 bridgehead atoms. The molecule has 0 amide bonds. The van der Waals surface area contributed by atoms with Crippen LogP contribution in [0.3, 0.4) is 0 Å². The summed E-state index contributed by atoms with van der Waals surface area (Å²) in [5.41, 5.74) is 3.60. The number of sulfonamides is 1. The number of hydrogen-bond acceptors (Lipinski definition) is 5. The first kappa shape index (κ1) is 23.9. The number of nitrogens with one attached hydrogen (secondary N) is 1. The topological polar surface area (TPSA) is 77.0 Å². The number of hydrogen-bond donors (Lipinski definition) is 1. The van der Waals surface area contributed by atoms with Crippen molar-refractivity contribution >= 4 is 33.0 Å². The number of halogens is 4. The van der Waals surface area contributed by atoms with Gasteiger partial charge in [0.15, 0.2) is 0 Å². The van der Waals surface area contributed by atoms with Crippen LogP contribution in [0.4, 0.5) is 18.9 Å². The fourth-order valence-corrected chi connectivity index (χ4v) is 4.80. The van der Waals surface area contributed by atoms with Crippen LogP contribution in [-0.2, 0) is 16.4 Å². The van der Waals surface area contributed by atoms with Crippen LogP contribution in [-0.4, -0.2) is 34.1 Å². The normalized spacial score (nSPS) is 13.6. The minimum absolute atomic E-state index is 0.157. The molecular formula is C23H18ClF3N2O4S. The first-order valence-corrected chi connectivity index (χ1v) is 11.8. The average molecular weight is 511 g/mol. The van der Waals surface area contributed by atoms with Gasteiger partial charge in [-0.2, -0.15) is 0 Å². The van der Waals surface area contributed by atoms with Crippen molar-refractivity contribution in [2.45, 2.75) is 17.7 Å². The molecule has 1 aliphatic heterocycles. The second-order valence-corrected chi connectivity index (χ2v) is 9.44. The third-order valence-electron chi connectivity index (χ3n) is 5.06. The molecule has 4 rings (SSSR count). The smallest absolute Gasteiger partial charge is 0.495 e. The van der Waals surface area contributed by atoms with Crippen molar-refractivity contribution in [1.29, 1.82) is 0 Å². The summed E-state index contributed by atoms with van der Waals surface area (Å²) < 4.78 is 74.1. The van der Waals surface area contributed by atoms with E-state index in [1.54, 1.807) is 12.1 Å². The Labute approximate surface area is 199 Å². The molecule has 0 aliphatic carbocycles. The van der Waals surface area contributed by atoms with E-state index in [2.05, 4.69) is 14.5 Å². The lowest BCUT2D eigenvalue weighted by molar-refractivity contribution is -0.274. The van der Waals surface area contributed by atoms with E-state index in [9.17, 15) is 21.6 Å². The number of fused-ring (bicyclic) bond motifs is 1. The minimum Gasteiger partial charge on any atom is -0.495 e. The van der Waals surface area contributed by atoms with Crippen molar-refractivity contribution in [3.05, 3.63) is 82.4 Å². The Hall–Kier alpha value is -3.24. The van der Waals surface area contributed by atoms with Gasteiger partial charge in [0.1, 0.15) is 11.5 Å². The van der Waals surface area contributed by atoms with Crippen molar-refractivity contribution in [2.24, 2.45) is 4.99 Å². The number of methoxy groups -OCH3 is 1. The monoisotopic (exact) mass is 510 g/mol. The van der Waals surface area contributed by atoms with Gasteiger partial charge in [0.2, 0.25) is 0 Å². The van der Waals surface area contributed by atoms with Gasteiger partial charge in [0.25, 0.3) is 10.0 Å². The summed E-state index contributed by atoms with van der Waals surface area (Å²) in [5.74, 6) is -0.281. The number of anilines is 1. The molecule has 0 saturated carbocycles. The van der Waals surface area contributed by atoms with Gasteiger partial charge in [-0.1, -0.05) is 23.7 Å². The van der Waals surface area contributed by atoms with Gasteiger partial charge < -0.3 is 9.47 Å². The van der Waals surface area contributed by atoms with Crippen LogP contribution in [0.2, 0.25) is 5.02 Å². The third-order valence-corrected chi connectivity index (χ3v) is 6.68. The maximum atomic E-state index is 12.8. The van der Waals surface area contributed by atoms with E-state index in [-0.39, 0.29) is 16.3 Å². The summed E-state index contributed by atoms with van der Waals surface area (Å²) in [7, 11) is -2.72. The zero-order valence-corrected chi connectivity index (χ0v) is 19.3. The number of rotatable bonds is 6. The van der Waals surface area contributed by atoms with E-state index >= 15 is 0 Å². The van der Waals surface area contributed by atoms with Crippen molar-refractivity contribution in [3.8, 4) is 11.5 Å². The van der Waals surface area contributed by atoms with Crippen LogP contribution in [0.15, 0.2) is 70.6 Å². The van der Waals surface area contributed by atoms with Crippen LogP contribution in [0, 0.1) is 0 Å². The van der Waals surface area contributed by atoms with Gasteiger partial charge in [0.05, 0.1) is 23.4 Å². The molecule has 6 nitrogen and oxygen atoms in total. The number of aliphatic imine (C=N–C) groups is 1. The zero-order valence-electron chi connectivity index (χ0n) is 17.7. The molecule has 1 aliphatic rings. The fraction of sp³-hybridized carbons (Fsp3) is 0.174. The first-order chi connectivity index (χ1) is 16.1. The molecule has 3 aromatic carbocycles. The van der Waals surface area contributed by atoms with Crippen LogP contribution in [0.1, 0.15) is 16.7 Å². The molecule has 0 radical (unpaired) electrons. The van der Waals surface area contributed by atoms with Gasteiger partial charge in [-0.15, -0.1) is 13.2 Å². The molecule has 0 unspecified atom stereocenters. The third kappa shape index (κ3) is 5.28. The lowest BCUT2D eigenvalue weighted by Crippen LogP contribution is -2.17. The summed E-state index contributed by atoms with van der Waals surface area (Å²) >= 11 is 6.17. The van der Waals surface area contributed by atoms with Gasteiger partial charge in [-0.05, 0) is 60.5 Å². The molecule has 34 heavy (non-hydrogen) atoms. The Bertz CT molecular complexity index is 1360. The predicted molar refractivity (Wildman–Crippen MR) is 123 cm³/mol. The number of alkyl halides is 3. The summed E-state index contributed by atoms with van der Waals surface area (Å²) in [6.45, 7) is 0.606. The van der Waals surface area contributed by atoms with Crippen LogP contribution in [0.25, 0.3) is 0 Å². The van der Waals surface area contributed by atoms with E-state index < -0.39 is 22.1 Å². The quantitative estimate of drug-likeness (QED) is 0.479. The van der Waals surface area contributed by atoms with Crippen molar-refractivity contribution in [1.82, 2.24) is 0 Å². The van der Waals surface area contributed by atoms with Gasteiger partial charge >= 0.3 is 6.36 Å². The van der Waals surface area contributed by atoms with Crippen LogP contribution < -0.4 is 14.2 Å². The Balaban J connectivity index is 1.60. The highest BCUT2D eigenvalue weighted by Gasteiger charge is 2.31. The predicted octanol–water partition coefficient (Wildman–Crippen LogP) is 5.44. The van der Waals surface area contributed by atoms with Gasteiger partial charge in [-0.3, -0.25) is 9.71 Å². The Kier molecular flexibility index (Phi) is 6.46. The molecular weight excluding hydrogens is 493 g/mol. The van der Waals surface area contributed by atoms with Crippen LogP contribution >= 0.6 is 11.6 Å². The maximum absolute atomic E-state index is 12.8. The lowest BCUT2D eigenvalue weighted by Gasteiger charge is -2.19. The molecule has 178 valence electrons. The first-order valence-electron chi connectivity index (χ1n) is 9.96. The molecule has 0 aromatic heterocycles. The van der Waals surface area contributed by atoms with E-state index in [0.717, 1.165) is 53.1 Å². The highest BCUT2D eigenvalue weighted by atomic mass is 35.5. The largest absolute Gasteiger partial charge is 0.573 e. The standard InChI is InChI=1S/C23H18ClF3N2O4S/c1-32-21-12-15(22-19-13-16(24)4-2-14(19)10-11-28-22)3-9-20(21)29-34(30,31)18-7-5-17(6-8-18)33-23(25,26)27/h2-9,12-13,29H,10-11H2,1H3. The zero-order chi connectivity index (χ0) is 24.5. The van der Waals surface area contributed by atoms with Crippen molar-refractivity contribution < 1.29 is 31.1 Å². The molecule has 1 heterocycles. The van der Waals surface area contributed by atoms with Gasteiger partial charge in [0, 0.05) is 22.7 Å². The highest BCUT2D eigenvalue weighted by molar-refractivity contribution is 7.92. The molecule has 11 heteroatoms. The highest BCUT2D eigenvalue weighted by Crippen LogP contribution is 2.32. The van der Waals surface area contributed by atoms with Gasteiger partial charge in [-0.25, -0.2) is 8.42 Å². The molecule has 0 fully saturated rings. The Morgan fingerprint density at radius 2 is 1.76 bits per heavy atom. The van der Waals surface area contributed by atoms with E-state index in [1.165, 1.54) is 13.2 Å². The molecule has 3 aromatic rings. The molecule has 0 atom stereocenters. The lowest BCUT2D eigenvalue weighted by atomic mass is 9.93. The van der Waals surface area contributed by atoms with E-state index in [4.69, 9.17) is 16.3 Å². The summed E-state index contributed by atoms with van der Waals surface area (Å²) in [4.78, 5) is 4.37. The molecule has 1 N–H and O–H groups in total. The van der Waals surface area contributed by atoms with Crippen molar-refractivity contribution in [2.75, 3.05) is 18.4 Å². The van der Waals surface area contributed by atoms with E-state index in [0.29, 0.717) is 11.6 Å². The average Bonchev–Trinajstić information content (AvgIpc) is 2.78. The van der Waals surface area contributed by atoms with Crippen LogP contribution in [0.5, 0.6) is 11.5 Å². The maximum Gasteiger partial charge on any atom is 0.573 e. The Morgan fingerprint density at radius 1 is 1.03 bits per heavy atom. The molecule has 0 saturated heterocycles. The summed E-state index contributed by atoms with van der Waals surface area (Å²) in [5, 5.41) is 0.580. The number of ether oxygens (including phenoxy) is 2. The fourth-order valence-electron chi connectivity index (χ4n) is 3.55. The second kappa shape index (κ2) is 9.19. The second-order valence-electron chi connectivity index (χ2n) is 7.32. The summed E-state index contributed by atoms with van der Waals surface area (Å²) in [6, 6.07) is 14.4. The number of nitrogens with zero attached hydrogens (tertiary/aromatic N) is 1. The number of benzene rings is 3. The van der Waals surface area contributed by atoms with E-state index in [1.807, 2.05) is 18.2 Å². The van der Waals surface area contributed by atoms with Crippen molar-refractivity contribution in [3.63, 3.8) is 0 Å². The molecule has 0 spiro atoms. The Morgan fingerprint density at radius 3 is 2.44 bits per heavy atom. The SMILES string of the molecule is COc1cc(C2=NCCc3ccc(Cl)cc32)ccc1NS(=O)(=O)c1ccc(OC(F)(F)F)cc1.